The van der Waals surface area contributed by atoms with Crippen LogP contribution >= 0.6 is 0 Å². The van der Waals surface area contributed by atoms with Gasteiger partial charge in [0.2, 0.25) is 0 Å². The van der Waals surface area contributed by atoms with Gasteiger partial charge in [-0.3, -0.25) is 0 Å². The first-order valence-corrected chi connectivity index (χ1v) is 5.16. The van der Waals surface area contributed by atoms with Crippen LogP contribution in [0.5, 0.6) is 0 Å². The van der Waals surface area contributed by atoms with E-state index in [9.17, 15) is 0 Å². The summed E-state index contributed by atoms with van der Waals surface area (Å²) in [5, 5.41) is 4.41. The van der Waals surface area contributed by atoms with E-state index in [1.54, 1.807) is 0 Å². The lowest BCUT2D eigenvalue weighted by Gasteiger charge is -2.09. The molecule has 0 unspecified atom stereocenters. The largest absolute Gasteiger partial charge is 0.330 e. The van der Waals surface area contributed by atoms with Gasteiger partial charge < -0.3 is 5.73 Å². The summed E-state index contributed by atoms with van der Waals surface area (Å²) in [5.74, 6) is 0. The molecule has 0 amide bonds. The summed E-state index contributed by atoms with van der Waals surface area (Å²) < 4.78 is 1.90. The molecule has 0 spiro atoms. The minimum absolute atomic E-state index is 0.648. The van der Waals surface area contributed by atoms with Crippen LogP contribution < -0.4 is 5.73 Å². The molecule has 0 fully saturated rings. The van der Waals surface area contributed by atoms with Gasteiger partial charge in [-0.2, -0.15) is 5.10 Å². The Balaban J connectivity index is 2.71. The Morgan fingerprint density at radius 1 is 1.33 bits per heavy atom. The van der Waals surface area contributed by atoms with Gasteiger partial charge in [0.1, 0.15) is 0 Å². The molecule has 0 atom stereocenters. The number of hydrogen-bond donors (Lipinski definition) is 1. The molecule has 2 rings (SSSR count). The predicted molar refractivity (Wildman–Crippen MR) is 60.0 cm³/mol. The first-order valence-electron chi connectivity index (χ1n) is 5.16. The van der Waals surface area contributed by atoms with Crippen molar-refractivity contribution in [3.8, 4) is 0 Å². The third kappa shape index (κ3) is 1.61. The van der Waals surface area contributed by atoms with Gasteiger partial charge in [0.05, 0.1) is 5.69 Å². The number of fused-ring (bicyclic) bond motifs is 1. The van der Waals surface area contributed by atoms with Crippen LogP contribution in [-0.2, 0) is 6.42 Å². The van der Waals surface area contributed by atoms with Crippen molar-refractivity contribution in [3.05, 3.63) is 28.7 Å². The van der Waals surface area contributed by atoms with Gasteiger partial charge in [0.25, 0.3) is 0 Å². The molecule has 2 heterocycles. The molecule has 80 valence electrons. The second-order valence-corrected chi connectivity index (χ2v) is 3.86. The molecule has 0 saturated heterocycles. The van der Waals surface area contributed by atoms with Crippen molar-refractivity contribution in [3.63, 3.8) is 0 Å². The van der Waals surface area contributed by atoms with Gasteiger partial charge in [-0.05, 0) is 39.3 Å². The van der Waals surface area contributed by atoms with E-state index in [1.165, 1.54) is 5.56 Å². The molecular formula is C11H16N4. The van der Waals surface area contributed by atoms with Crippen LogP contribution in [0.3, 0.4) is 0 Å². The maximum Gasteiger partial charge on any atom is 0.155 e. The van der Waals surface area contributed by atoms with Crippen molar-refractivity contribution >= 4 is 5.65 Å². The summed E-state index contributed by atoms with van der Waals surface area (Å²) in [5.41, 5.74) is 10.9. The zero-order valence-corrected chi connectivity index (χ0v) is 9.41. The van der Waals surface area contributed by atoms with Crippen LogP contribution in [0.1, 0.15) is 22.6 Å². The van der Waals surface area contributed by atoms with Crippen molar-refractivity contribution in [2.24, 2.45) is 5.73 Å². The average Bonchev–Trinajstić information content (AvgIpc) is 2.53. The third-order valence-electron chi connectivity index (χ3n) is 2.68. The quantitative estimate of drug-likeness (QED) is 0.798. The molecule has 15 heavy (non-hydrogen) atoms. The first kappa shape index (κ1) is 10.1. The molecule has 2 aromatic heterocycles. The summed E-state index contributed by atoms with van der Waals surface area (Å²) >= 11 is 0. The fourth-order valence-electron chi connectivity index (χ4n) is 1.95. The number of aromatic nitrogens is 3. The summed E-state index contributed by atoms with van der Waals surface area (Å²) in [6.45, 7) is 6.72. The summed E-state index contributed by atoms with van der Waals surface area (Å²) in [4.78, 5) is 4.52. The predicted octanol–water partition coefficient (Wildman–Crippen LogP) is 1.16. The third-order valence-corrected chi connectivity index (χ3v) is 2.68. The summed E-state index contributed by atoms with van der Waals surface area (Å²) in [7, 11) is 0. The lowest BCUT2D eigenvalue weighted by atomic mass is 10.1. The van der Waals surface area contributed by atoms with E-state index in [0.29, 0.717) is 6.54 Å². The van der Waals surface area contributed by atoms with E-state index < -0.39 is 0 Å². The van der Waals surface area contributed by atoms with Gasteiger partial charge in [-0.25, -0.2) is 9.50 Å². The molecular weight excluding hydrogens is 188 g/mol. The van der Waals surface area contributed by atoms with Crippen LogP contribution in [0.15, 0.2) is 6.07 Å². The highest BCUT2D eigenvalue weighted by Gasteiger charge is 2.09. The van der Waals surface area contributed by atoms with Crippen LogP contribution in [0, 0.1) is 20.8 Å². The molecule has 4 heteroatoms. The summed E-state index contributed by atoms with van der Waals surface area (Å²) in [6.07, 6.45) is 0.861. The summed E-state index contributed by atoms with van der Waals surface area (Å²) in [6, 6.07) is 1.99. The molecule has 0 aliphatic carbocycles. The van der Waals surface area contributed by atoms with E-state index in [4.69, 9.17) is 5.73 Å². The molecule has 4 nitrogen and oxygen atoms in total. The standard InChI is InChI=1S/C11H16N4/c1-7-6-11-13-8(2)10(4-5-12)9(3)15(11)14-7/h6H,4-5,12H2,1-3H3. The zero-order chi connectivity index (χ0) is 11.0. The highest BCUT2D eigenvalue weighted by Crippen LogP contribution is 2.15. The molecule has 0 aliphatic heterocycles. The highest BCUT2D eigenvalue weighted by atomic mass is 15.3. The fourth-order valence-corrected chi connectivity index (χ4v) is 1.95. The highest BCUT2D eigenvalue weighted by molar-refractivity contribution is 5.44. The number of rotatable bonds is 2. The number of nitrogens with zero attached hydrogens (tertiary/aromatic N) is 3. The smallest absolute Gasteiger partial charge is 0.155 e. The first-order chi connectivity index (χ1) is 7.13. The van der Waals surface area contributed by atoms with Gasteiger partial charge in [-0.1, -0.05) is 0 Å². The van der Waals surface area contributed by atoms with E-state index in [-0.39, 0.29) is 0 Å². The number of aryl methyl sites for hydroxylation is 3. The van der Waals surface area contributed by atoms with Crippen molar-refractivity contribution in [1.82, 2.24) is 14.6 Å². The molecule has 0 aliphatic rings. The van der Waals surface area contributed by atoms with Crippen molar-refractivity contribution < 1.29 is 0 Å². The van der Waals surface area contributed by atoms with Crippen molar-refractivity contribution in [1.29, 1.82) is 0 Å². The van der Waals surface area contributed by atoms with Crippen LogP contribution in [0.4, 0.5) is 0 Å². The Bertz CT molecular complexity index is 499. The second-order valence-electron chi connectivity index (χ2n) is 3.86. The maximum atomic E-state index is 5.59. The Hall–Kier alpha value is -1.42. The van der Waals surface area contributed by atoms with Gasteiger partial charge in [0.15, 0.2) is 5.65 Å². The SMILES string of the molecule is Cc1cc2nc(C)c(CCN)c(C)n2n1. The van der Waals surface area contributed by atoms with E-state index in [2.05, 4.69) is 17.0 Å². The molecule has 0 radical (unpaired) electrons. The van der Waals surface area contributed by atoms with Crippen LogP contribution in [-0.4, -0.2) is 21.1 Å². The average molecular weight is 204 g/mol. The molecule has 0 saturated carbocycles. The minimum atomic E-state index is 0.648. The number of nitrogens with two attached hydrogens (primary N) is 1. The molecule has 2 N–H and O–H groups in total. The second kappa shape index (κ2) is 3.62. The Kier molecular flexibility index (Phi) is 2.44. The van der Waals surface area contributed by atoms with Gasteiger partial charge in [-0.15, -0.1) is 0 Å². The Labute approximate surface area is 89.1 Å². The van der Waals surface area contributed by atoms with Crippen LogP contribution in [0.2, 0.25) is 0 Å². The zero-order valence-electron chi connectivity index (χ0n) is 9.41. The molecule has 2 aromatic rings. The van der Waals surface area contributed by atoms with E-state index >= 15 is 0 Å². The lowest BCUT2D eigenvalue weighted by Crippen LogP contribution is -2.10. The Morgan fingerprint density at radius 2 is 2.07 bits per heavy atom. The van der Waals surface area contributed by atoms with Crippen LogP contribution in [0.25, 0.3) is 5.65 Å². The monoisotopic (exact) mass is 204 g/mol. The Morgan fingerprint density at radius 3 is 2.73 bits per heavy atom. The molecule has 0 aromatic carbocycles. The molecule has 0 bridgehead atoms. The van der Waals surface area contributed by atoms with E-state index in [0.717, 1.165) is 29.1 Å². The van der Waals surface area contributed by atoms with Crippen molar-refractivity contribution in [2.45, 2.75) is 27.2 Å². The maximum absolute atomic E-state index is 5.59. The topological polar surface area (TPSA) is 56.2 Å². The fraction of sp³-hybridized carbons (Fsp3) is 0.455. The van der Waals surface area contributed by atoms with E-state index in [1.807, 2.05) is 24.4 Å². The number of hydrogen-bond acceptors (Lipinski definition) is 3. The lowest BCUT2D eigenvalue weighted by molar-refractivity contribution is 0.823. The van der Waals surface area contributed by atoms with Crippen molar-refractivity contribution in [2.75, 3.05) is 6.54 Å². The van der Waals surface area contributed by atoms with Gasteiger partial charge >= 0.3 is 0 Å². The van der Waals surface area contributed by atoms with Gasteiger partial charge in [0, 0.05) is 17.5 Å². The minimum Gasteiger partial charge on any atom is -0.330 e. The normalized spacial score (nSPS) is 11.2.